The van der Waals surface area contributed by atoms with Crippen molar-refractivity contribution in [1.82, 2.24) is 14.9 Å². The van der Waals surface area contributed by atoms with Gasteiger partial charge in [0.15, 0.2) is 5.82 Å². The molecule has 0 bridgehead atoms. The molecule has 0 atom stereocenters. The number of sulfonamides is 1. The quantitative estimate of drug-likeness (QED) is 0.496. The Balaban J connectivity index is 1.99. The van der Waals surface area contributed by atoms with Gasteiger partial charge >= 0.3 is 0 Å². The van der Waals surface area contributed by atoms with Gasteiger partial charge in [0.25, 0.3) is 5.56 Å². The Bertz CT molecular complexity index is 1320. The lowest BCUT2D eigenvalue weighted by atomic mass is 10.1. The van der Waals surface area contributed by atoms with Crippen LogP contribution in [-0.4, -0.2) is 30.9 Å². The van der Waals surface area contributed by atoms with Crippen LogP contribution in [0.2, 0.25) is 0 Å². The van der Waals surface area contributed by atoms with E-state index in [4.69, 9.17) is 5.73 Å². The van der Waals surface area contributed by atoms with E-state index in [0.29, 0.717) is 22.5 Å². The maximum atomic E-state index is 13.2. The third-order valence-electron chi connectivity index (χ3n) is 4.91. The lowest BCUT2D eigenvalue weighted by Crippen LogP contribution is -2.28. The molecule has 0 spiro atoms. The molecule has 2 aromatic heterocycles. The van der Waals surface area contributed by atoms with Crippen LogP contribution in [0.3, 0.4) is 0 Å². The number of nitrogens with two attached hydrogens (primary N) is 1. The number of hydrogen-bond donors (Lipinski definition) is 3. The fourth-order valence-electron chi connectivity index (χ4n) is 3.24. The van der Waals surface area contributed by atoms with E-state index in [1.807, 2.05) is 0 Å². The van der Waals surface area contributed by atoms with E-state index in [1.54, 1.807) is 56.3 Å². The monoisotopic (exact) mass is 455 g/mol. The van der Waals surface area contributed by atoms with Gasteiger partial charge in [-0.15, -0.1) is 0 Å². The maximum absolute atomic E-state index is 13.2. The van der Waals surface area contributed by atoms with E-state index in [1.165, 1.54) is 17.7 Å². The summed E-state index contributed by atoms with van der Waals surface area (Å²) >= 11 is 0. The van der Waals surface area contributed by atoms with Gasteiger partial charge in [0.1, 0.15) is 5.69 Å². The van der Waals surface area contributed by atoms with Crippen LogP contribution in [-0.2, 0) is 27.0 Å². The summed E-state index contributed by atoms with van der Waals surface area (Å²) in [5.41, 5.74) is 7.95. The summed E-state index contributed by atoms with van der Waals surface area (Å²) in [6.45, 7) is 3.41. The van der Waals surface area contributed by atoms with Crippen molar-refractivity contribution in [2.75, 3.05) is 17.5 Å². The van der Waals surface area contributed by atoms with Crippen LogP contribution in [0.4, 0.5) is 11.4 Å². The highest BCUT2D eigenvalue weighted by molar-refractivity contribution is 7.91. The SMILES string of the molecule is CNC(=O)Cc1cc(N)c(-n2c(C)ccc(NS(=O)(=O)Cc3ccccc3)c2=O)nc1C. The Kier molecular flexibility index (Phi) is 6.64. The molecular weight excluding hydrogens is 430 g/mol. The highest BCUT2D eigenvalue weighted by Gasteiger charge is 2.19. The summed E-state index contributed by atoms with van der Waals surface area (Å²) in [5, 5.41) is 2.54. The Labute approximate surface area is 186 Å². The zero-order valence-electron chi connectivity index (χ0n) is 18.0. The average molecular weight is 456 g/mol. The van der Waals surface area contributed by atoms with Crippen LogP contribution in [0.15, 0.2) is 53.3 Å². The maximum Gasteiger partial charge on any atom is 0.280 e. The molecule has 0 aliphatic heterocycles. The summed E-state index contributed by atoms with van der Waals surface area (Å²) < 4.78 is 28.9. The molecule has 168 valence electrons. The van der Waals surface area contributed by atoms with Crippen LogP contribution in [0.1, 0.15) is 22.5 Å². The number of aryl methyl sites for hydroxylation is 2. The first-order valence-corrected chi connectivity index (χ1v) is 11.5. The third kappa shape index (κ3) is 5.14. The average Bonchev–Trinajstić information content (AvgIpc) is 2.73. The number of hydrogen-bond acceptors (Lipinski definition) is 6. The number of nitrogens with zero attached hydrogens (tertiary/aromatic N) is 2. The number of nitrogen functional groups attached to an aromatic ring is 1. The van der Waals surface area contributed by atoms with Crippen molar-refractivity contribution in [3.63, 3.8) is 0 Å². The molecule has 32 heavy (non-hydrogen) atoms. The van der Waals surface area contributed by atoms with E-state index < -0.39 is 15.6 Å². The Morgan fingerprint density at radius 1 is 1.12 bits per heavy atom. The number of benzene rings is 1. The minimum absolute atomic E-state index is 0.104. The number of nitrogens with one attached hydrogen (secondary N) is 2. The second kappa shape index (κ2) is 9.23. The number of likely N-dealkylation sites (N-methyl/N-ethyl adjacent to an activating group) is 1. The van der Waals surface area contributed by atoms with Crippen LogP contribution in [0, 0.1) is 13.8 Å². The van der Waals surface area contributed by atoms with Crippen molar-refractivity contribution in [3.8, 4) is 5.82 Å². The Morgan fingerprint density at radius 3 is 2.47 bits per heavy atom. The summed E-state index contributed by atoms with van der Waals surface area (Å²) in [5.74, 6) is -0.283. The van der Waals surface area contributed by atoms with Gasteiger partial charge in [-0.1, -0.05) is 30.3 Å². The summed E-state index contributed by atoms with van der Waals surface area (Å²) in [6.07, 6.45) is 0.104. The predicted molar refractivity (Wildman–Crippen MR) is 124 cm³/mol. The summed E-state index contributed by atoms with van der Waals surface area (Å²) in [6, 6.07) is 13.3. The van der Waals surface area contributed by atoms with Crippen molar-refractivity contribution >= 4 is 27.3 Å². The smallest absolute Gasteiger partial charge is 0.280 e. The van der Waals surface area contributed by atoms with Crippen molar-refractivity contribution in [2.24, 2.45) is 0 Å². The number of carbonyl (C=O) groups is 1. The zero-order valence-corrected chi connectivity index (χ0v) is 18.9. The Morgan fingerprint density at radius 2 is 1.81 bits per heavy atom. The van der Waals surface area contributed by atoms with E-state index in [9.17, 15) is 18.0 Å². The van der Waals surface area contributed by atoms with E-state index in [0.717, 1.165) is 0 Å². The first-order chi connectivity index (χ1) is 15.1. The molecule has 1 aromatic carbocycles. The van der Waals surface area contributed by atoms with Crippen molar-refractivity contribution in [1.29, 1.82) is 0 Å². The van der Waals surface area contributed by atoms with Crippen molar-refractivity contribution in [2.45, 2.75) is 26.0 Å². The standard InChI is InChI=1S/C22H25N5O4S/c1-14-9-10-19(26-32(30,31)13-16-7-5-4-6-8-16)22(29)27(14)21-18(23)11-17(15(2)25-21)12-20(28)24-3/h4-11,26H,12-13,23H2,1-3H3,(H,24,28). The van der Waals surface area contributed by atoms with Gasteiger partial charge in [-0.25, -0.2) is 13.4 Å². The molecule has 3 aromatic rings. The second-order valence-electron chi connectivity index (χ2n) is 7.37. The van der Waals surface area contributed by atoms with Crippen LogP contribution in [0.5, 0.6) is 0 Å². The molecule has 0 aliphatic carbocycles. The predicted octanol–water partition coefficient (Wildman–Crippen LogP) is 1.66. The van der Waals surface area contributed by atoms with Gasteiger partial charge in [-0.2, -0.15) is 0 Å². The molecule has 1 amide bonds. The molecule has 9 nitrogen and oxygen atoms in total. The molecule has 0 aliphatic rings. The van der Waals surface area contributed by atoms with Gasteiger partial charge in [0.2, 0.25) is 15.9 Å². The molecule has 0 radical (unpaired) electrons. The molecule has 0 fully saturated rings. The van der Waals surface area contributed by atoms with Gasteiger partial charge in [0.05, 0.1) is 17.9 Å². The molecule has 4 N–H and O–H groups in total. The highest BCUT2D eigenvalue weighted by atomic mass is 32.2. The third-order valence-corrected chi connectivity index (χ3v) is 6.15. The first kappa shape index (κ1) is 23.0. The van der Waals surface area contributed by atoms with Crippen molar-refractivity contribution < 1.29 is 13.2 Å². The second-order valence-corrected chi connectivity index (χ2v) is 9.09. The number of pyridine rings is 2. The van der Waals surface area contributed by atoms with Crippen molar-refractivity contribution in [3.05, 3.63) is 81.4 Å². The van der Waals surface area contributed by atoms with Gasteiger partial charge in [0, 0.05) is 18.4 Å². The minimum Gasteiger partial charge on any atom is -0.396 e. The number of aromatic nitrogens is 2. The van der Waals surface area contributed by atoms with Gasteiger partial charge in [-0.05, 0) is 43.2 Å². The lowest BCUT2D eigenvalue weighted by molar-refractivity contribution is -0.119. The Hall–Kier alpha value is -3.66. The zero-order chi connectivity index (χ0) is 23.5. The van der Waals surface area contributed by atoms with E-state index >= 15 is 0 Å². The van der Waals surface area contributed by atoms with Gasteiger partial charge in [-0.3, -0.25) is 18.9 Å². The van der Waals surface area contributed by atoms with E-state index in [-0.39, 0.29) is 35.3 Å². The molecule has 0 saturated heterocycles. The molecule has 0 unspecified atom stereocenters. The summed E-state index contributed by atoms with van der Waals surface area (Å²) in [4.78, 5) is 29.3. The minimum atomic E-state index is -3.82. The number of anilines is 2. The largest absolute Gasteiger partial charge is 0.396 e. The first-order valence-electron chi connectivity index (χ1n) is 9.85. The lowest BCUT2D eigenvalue weighted by Gasteiger charge is -2.16. The normalized spacial score (nSPS) is 11.2. The summed E-state index contributed by atoms with van der Waals surface area (Å²) in [7, 11) is -2.29. The number of carbonyl (C=O) groups excluding carboxylic acids is 1. The molecule has 2 heterocycles. The topological polar surface area (TPSA) is 136 Å². The van der Waals surface area contributed by atoms with Crippen LogP contribution in [0.25, 0.3) is 5.82 Å². The number of rotatable bonds is 7. The number of amides is 1. The van der Waals surface area contributed by atoms with E-state index in [2.05, 4.69) is 15.0 Å². The molecular formula is C22H25N5O4S. The van der Waals surface area contributed by atoms with Crippen LogP contribution >= 0.6 is 0 Å². The molecule has 0 saturated carbocycles. The fourth-order valence-corrected chi connectivity index (χ4v) is 4.43. The molecule has 3 rings (SSSR count). The van der Waals surface area contributed by atoms with Gasteiger partial charge < -0.3 is 11.1 Å². The highest BCUT2D eigenvalue weighted by Crippen LogP contribution is 2.21. The molecule has 10 heteroatoms. The van der Waals surface area contributed by atoms with Crippen LogP contribution < -0.4 is 21.3 Å². The fraction of sp³-hybridized carbons (Fsp3) is 0.227.